The van der Waals surface area contributed by atoms with E-state index in [9.17, 15) is 8.42 Å². The van der Waals surface area contributed by atoms with Crippen LogP contribution in [0.2, 0.25) is 0 Å². The molecule has 5 heteroatoms. The van der Waals surface area contributed by atoms with E-state index in [1.54, 1.807) is 0 Å². The van der Waals surface area contributed by atoms with Crippen molar-refractivity contribution in [2.75, 3.05) is 24.6 Å². The molecule has 278 valence electrons. The number of benzene rings is 1. The molecule has 0 amide bonds. The molecule has 0 unspecified atom stereocenters. The van der Waals surface area contributed by atoms with E-state index in [2.05, 4.69) is 40.7 Å². The van der Waals surface area contributed by atoms with Crippen LogP contribution in [-0.2, 0) is 20.5 Å². The van der Waals surface area contributed by atoms with Gasteiger partial charge < -0.3 is 0 Å². The fraction of sp³-hybridized carbons (Fsp3) is 0.857. The van der Waals surface area contributed by atoms with Gasteiger partial charge in [0.25, 0.3) is 0 Å². The Morgan fingerprint density at radius 2 is 0.766 bits per heavy atom. The predicted octanol–water partition coefficient (Wildman–Crippen LogP) is 14.6. The summed E-state index contributed by atoms with van der Waals surface area (Å²) in [6.45, 7) is 8.30. The maximum atomic E-state index is 14.7. The first-order valence-electron chi connectivity index (χ1n) is 20.9. The van der Waals surface area contributed by atoms with E-state index in [-0.39, 0.29) is 0 Å². The molecule has 0 heterocycles. The zero-order chi connectivity index (χ0) is 34.6. The Balaban J connectivity index is 3.30. The van der Waals surface area contributed by atoms with Crippen LogP contribution in [0.5, 0.6) is 0 Å². The molecule has 0 aliphatic heterocycles. The third kappa shape index (κ3) is 18.9. The molecule has 1 aromatic rings. The molecule has 0 atom stereocenters. The Labute approximate surface area is 295 Å². The van der Waals surface area contributed by atoms with Gasteiger partial charge in [-0.2, -0.15) is 0 Å². The van der Waals surface area contributed by atoms with E-state index in [1.165, 1.54) is 135 Å². The first kappa shape index (κ1) is 44.6. The number of hydrogen-bond acceptors (Lipinski definition) is 3. The van der Waals surface area contributed by atoms with Gasteiger partial charge in [-0.15, -0.1) is 0 Å². The van der Waals surface area contributed by atoms with E-state index in [0.29, 0.717) is 4.90 Å². The molecule has 3 nitrogen and oxygen atoms in total. The van der Waals surface area contributed by atoms with Gasteiger partial charge in [0.15, 0.2) is 0 Å². The fourth-order valence-corrected chi connectivity index (χ4v) is 17.6. The minimum absolute atomic E-state index is 0.467. The average Bonchev–Trinajstić information content (AvgIpc) is 3.07. The van der Waals surface area contributed by atoms with Gasteiger partial charge in [-0.25, -0.2) is 0 Å². The van der Waals surface area contributed by atoms with E-state index in [1.807, 2.05) is 18.2 Å². The summed E-state index contributed by atoms with van der Waals surface area (Å²) in [6.07, 6.45) is 36.6. The third-order valence-corrected chi connectivity index (χ3v) is 19.9. The van der Waals surface area contributed by atoms with E-state index in [0.717, 1.165) is 68.7 Å². The molecular formula is C42H81O3PS. The van der Waals surface area contributed by atoms with Gasteiger partial charge in [0, 0.05) is 0 Å². The maximum absolute atomic E-state index is 14.7. The molecule has 0 fully saturated rings. The summed E-state index contributed by atoms with van der Waals surface area (Å²) in [5.41, 5.74) is 0.970. The van der Waals surface area contributed by atoms with Crippen molar-refractivity contribution in [2.45, 2.75) is 213 Å². The summed E-state index contributed by atoms with van der Waals surface area (Å²) in [5.74, 6) is 0. The molecule has 47 heavy (non-hydrogen) atoms. The molecule has 1 aromatic carbocycles. The standard InChI is InChI=1S/C42H81O3PS/c1-6-11-16-21-22-23-24-25-26-27-34-41-35-28-29-36-42(41)47(43,44)45-46(37-30-17-12-7-2,38-31-18-13-8-3,39-32-19-14-9-4)40-33-20-15-10-5/h28-29,35-36H,6-27,30-34,37-40H2,1-5H3. The second-order valence-corrected chi connectivity index (χ2v) is 22.5. The second-order valence-electron chi connectivity index (χ2n) is 15.1. The van der Waals surface area contributed by atoms with Crippen molar-refractivity contribution in [3.8, 4) is 0 Å². The molecule has 0 N–H and O–H groups in total. The summed E-state index contributed by atoms with van der Waals surface area (Å²) in [6, 6.07) is 7.85. The molecule has 0 saturated carbocycles. The molecule has 0 bridgehead atoms. The van der Waals surface area contributed by atoms with E-state index in [4.69, 9.17) is 3.97 Å². The molecule has 0 saturated heterocycles. The molecule has 0 aliphatic rings. The Kier molecular flexibility index (Phi) is 25.9. The number of hydrogen-bond donors (Lipinski definition) is 0. The number of unbranched alkanes of at least 4 members (excludes halogenated alkanes) is 21. The molecule has 0 aromatic heterocycles. The van der Waals surface area contributed by atoms with Gasteiger partial charge in [-0.3, -0.25) is 0 Å². The fourth-order valence-electron chi connectivity index (χ4n) is 7.65. The number of rotatable bonds is 34. The summed E-state index contributed by atoms with van der Waals surface area (Å²) in [5, 5.41) is 0. The topological polar surface area (TPSA) is 43.4 Å². The zero-order valence-electron chi connectivity index (χ0n) is 32.3. The Hall–Kier alpha value is -0.440. The molecule has 0 aliphatic carbocycles. The van der Waals surface area contributed by atoms with Gasteiger partial charge in [0.05, 0.1) is 0 Å². The first-order chi connectivity index (χ1) is 22.8. The van der Waals surface area contributed by atoms with Crippen molar-refractivity contribution in [3.63, 3.8) is 0 Å². The Morgan fingerprint density at radius 3 is 1.15 bits per heavy atom. The third-order valence-electron chi connectivity index (χ3n) is 10.7. The van der Waals surface area contributed by atoms with Crippen LogP contribution >= 0.6 is 6.83 Å². The number of aryl methyl sites for hydroxylation is 1. The van der Waals surface area contributed by atoms with Gasteiger partial charge in [-0.1, -0.05) is 26.2 Å². The van der Waals surface area contributed by atoms with E-state index < -0.39 is 16.9 Å². The predicted molar refractivity (Wildman–Crippen MR) is 213 cm³/mol. The summed E-state index contributed by atoms with van der Waals surface area (Å²) >= 11 is 0. The normalized spacial score (nSPS) is 13.2. The van der Waals surface area contributed by atoms with Crippen LogP contribution in [0.3, 0.4) is 0 Å². The first-order valence-corrected chi connectivity index (χ1v) is 25.2. The SMILES string of the molecule is CCCCCCCCCCCCc1ccccc1S(=O)(=O)OP(CCCCCC)(CCCCCC)(CCCCCC)CCCCCC. The van der Waals surface area contributed by atoms with Crippen molar-refractivity contribution in [2.24, 2.45) is 0 Å². The summed E-state index contributed by atoms with van der Waals surface area (Å²) < 4.78 is 36.6. The average molecular weight is 697 g/mol. The monoisotopic (exact) mass is 697 g/mol. The quantitative estimate of drug-likeness (QED) is 0.0532. The van der Waals surface area contributed by atoms with Crippen LogP contribution in [0.25, 0.3) is 0 Å². The van der Waals surface area contributed by atoms with Crippen LogP contribution in [0.4, 0.5) is 0 Å². The van der Waals surface area contributed by atoms with Gasteiger partial charge in [0.1, 0.15) is 0 Å². The van der Waals surface area contributed by atoms with Crippen LogP contribution < -0.4 is 0 Å². The van der Waals surface area contributed by atoms with Crippen molar-refractivity contribution < 1.29 is 12.4 Å². The molecule has 0 spiro atoms. The van der Waals surface area contributed by atoms with E-state index >= 15 is 0 Å². The van der Waals surface area contributed by atoms with Crippen LogP contribution in [0.1, 0.15) is 207 Å². The summed E-state index contributed by atoms with van der Waals surface area (Å²) in [7, 11) is -3.88. The van der Waals surface area contributed by atoms with Crippen molar-refractivity contribution >= 4 is 16.9 Å². The van der Waals surface area contributed by atoms with Gasteiger partial charge >= 0.3 is 271 Å². The van der Waals surface area contributed by atoms with Crippen LogP contribution in [0, 0.1) is 0 Å². The van der Waals surface area contributed by atoms with Gasteiger partial charge in [-0.05, 0) is 0 Å². The van der Waals surface area contributed by atoms with Crippen molar-refractivity contribution in [3.05, 3.63) is 29.8 Å². The van der Waals surface area contributed by atoms with Gasteiger partial charge in [0.2, 0.25) is 0 Å². The summed E-state index contributed by atoms with van der Waals surface area (Å²) in [4.78, 5) is 0.467. The van der Waals surface area contributed by atoms with Crippen molar-refractivity contribution in [1.82, 2.24) is 0 Å². The second kappa shape index (κ2) is 27.3. The van der Waals surface area contributed by atoms with Crippen LogP contribution in [-0.4, -0.2) is 33.1 Å². The molecule has 1 rings (SSSR count). The Bertz CT molecular complexity index is 916. The Morgan fingerprint density at radius 1 is 0.447 bits per heavy atom. The molecule has 0 radical (unpaired) electrons. The van der Waals surface area contributed by atoms with Crippen molar-refractivity contribution in [1.29, 1.82) is 0 Å². The zero-order valence-corrected chi connectivity index (χ0v) is 34.0. The van der Waals surface area contributed by atoms with Crippen LogP contribution in [0.15, 0.2) is 29.2 Å². The molecular weight excluding hydrogens is 616 g/mol. The minimum atomic E-state index is -3.88.